The van der Waals surface area contributed by atoms with Crippen LogP contribution in [-0.4, -0.2) is 54.2 Å². The van der Waals surface area contributed by atoms with E-state index in [1.807, 2.05) is 121 Å². The zero-order valence-corrected chi connectivity index (χ0v) is 26.2. The van der Waals surface area contributed by atoms with Crippen molar-refractivity contribution in [2.24, 2.45) is 0 Å². The molecule has 0 aliphatic carbocycles. The Morgan fingerprint density at radius 1 is 0.702 bits per heavy atom. The second-order valence-corrected chi connectivity index (χ2v) is 11.3. The number of nitrogens with zero attached hydrogens (tertiary/aromatic N) is 1. The van der Waals surface area contributed by atoms with Gasteiger partial charge in [0.1, 0.15) is 12.2 Å². The van der Waals surface area contributed by atoms with Gasteiger partial charge in [-0.1, -0.05) is 121 Å². The Labute approximate surface area is 274 Å². The molecule has 1 heterocycles. The molecule has 4 aromatic rings. The Bertz CT molecular complexity index is 1520. The van der Waals surface area contributed by atoms with Crippen molar-refractivity contribution in [1.82, 2.24) is 0 Å². The maximum absolute atomic E-state index is 13.3. The van der Waals surface area contributed by atoms with Crippen molar-refractivity contribution >= 4 is 5.97 Å². The fraction of sp³-hybridized carbons (Fsp3) is 0.324. The maximum Gasteiger partial charge on any atom is 0.333 e. The van der Waals surface area contributed by atoms with E-state index in [9.17, 15) is 14.9 Å². The van der Waals surface area contributed by atoms with Gasteiger partial charge in [0, 0.05) is 11.8 Å². The number of rotatable bonds is 16. The van der Waals surface area contributed by atoms with E-state index in [1.165, 1.54) is 6.92 Å². The largest absolute Gasteiger partial charge is 0.458 e. The Balaban J connectivity index is 1.53. The monoisotopic (exact) mass is 641 g/mol. The van der Waals surface area contributed by atoms with Gasteiger partial charge in [0.05, 0.1) is 33.0 Å². The Kier molecular flexibility index (Phi) is 12.2. The normalized spacial score (nSPS) is 22.4. The summed E-state index contributed by atoms with van der Waals surface area (Å²) in [4.78, 5) is 25.0. The molecule has 5 rings (SSSR count). The number of hydrogen-bond donors (Lipinski definition) is 0. The van der Waals surface area contributed by atoms with Gasteiger partial charge in [0.25, 0.3) is 0 Å². The second kappa shape index (κ2) is 16.9. The number of hydrogen-bond acceptors (Lipinski definition) is 9. The van der Waals surface area contributed by atoms with Crippen LogP contribution in [-0.2, 0) is 59.6 Å². The van der Waals surface area contributed by atoms with Crippen molar-refractivity contribution in [3.63, 3.8) is 0 Å². The zero-order valence-electron chi connectivity index (χ0n) is 26.2. The van der Waals surface area contributed by atoms with Crippen molar-refractivity contribution in [3.8, 4) is 0 Å². The molecule has 0 amide bonds. The first-order valence-electron chi connectivity index (χ1n) is 15.5. The lowest BCUT2D eigenvalue weighted by molar-refractivity contribution is -0.629. The maximum atomic E-state index is 13.3. The van der Waals surface area contributed by atoms with E-state index in [0.29, 0.717) is 0 Å². The summed E-state index contributed by atoms with van der Waals surface area (Å²) in [5.74, 6) is -0.690. The quantitative estimate of drug-likeness (QED) is 0.0839. The standard InChI is InChI=1S/C37H39NO9/c1-28(39)46-27-37(38(40)41)35(44-24-31-18-10-4-11-19-31)34(43-23-30-16-8-3-9-17-30)33(26-42-22-29-14-6-2-7-15-29)47-36(37)45-25-32-20-12-5-13-21-32/h2-21,33-36H,22-27H2,1H3/t33-,34-,35+,36+,37+/m1/s1. The topological polar surface area (TPSA) is 116 Å². The van der Waals surface area contributed by atoms with Gasteiger partial charge in [0.15, 0.2) is 12.7 Å². The van der Waals surface area contributed by atoms with E-state index >= 15 is 0 Å². The first-order chi connectivity index (χ1) is 23.0. The summed E-state index contributed by atoms with van der Waals surface area (Å²) in [7, 11) is 0. The van der Waals surface area contributed by atoms with Crippen LogP contribution in [0, 0.1) is 10.1 Å². The molecule has 1 saturated heterocycles. The summed E-state index contributed by atoms with van der Waals surface area (Å²) < 4.78 is 37.1. The fourth-order valence-corrected chi connectivity index (χ4v) is 5.47. The highest BCUT2D eigenvalue weighted by Crippen LogP contribution is 2.39. The fourth-order valence-electron chi connectivity index (χ4n) is 5.47. The Morgan fingerprint density at radius 2 is 1.15 bits per heavy atom. The van der Waals surface area contributed by atoms with E-state index < -0.39 is 47.6 Å². The summed E-state index contributed by atoms with van der Waals surface area (Å²) in [6.07, 6.45) is -4.66. The molecule has 10 heteroatoms. The van der Waals surface area contributed by atoms with Crippen molar-refractivity contribution in [2.75, 3.05) is 13.2 Å². The molecular formula is C37H39NO9. The number of nitro groups is 1. The minimum atomic E-state index is -2.20. The van der Waals surface area contributed by atoms with E-state index in [1.54, 1.807) is 0 Å². The highest BCUT2D eigenvalue weighted by Gasteiger charge is 2.68. The van der Waals surface area contributed by atoms with Crippen LogP contribution < -0.4 is 0 Å². The summed E-state index contributed by atoms with van der Waals surface area (Å²) >= 11 is 0. The summed E-state index contributed by atoms with van der Waals surface area (Å²) in [5.41, 5.74) is 1.18. The molecule has 5 atom stereocenters. The molecule has 10 nitrogen and oxygen atoms in total. The van der Waals surface area contributed by atoms with Crippen molar-refractivity contribution < 1.29 is 38.1 Å². The molecule has 246 valence electrons. The Hall–Kier alpha value is -4.45. The molecule has 0 N–H and O–H groups in total. The molecular weight excluding hydrogens is 602 g/mol. The van der Waals surface area contributed by atoms with Crippen LogP contribution >= 0.6 is 0 Å². The van der Waals surface area contributed by atoms with Crippen LogP contribution in [0.2, 0.25) is 0 Å². The van der Waals surface area contributed by atoms with Gasteiger partial charge in [-0.05, 0) is 22.3 Å². The predicted octanol–water partition coefficient (Wildman–Crippen LogP) is 5.89. The third-order valence-electron chi connectivity index (χ3n) is 7.91. The number of carbonyl (C=O) groups is 1. The lowest BCUT2D eigenvalue weighted by atomic mass is 9.83. The number of benzene rings is 4. The molecule has 4 aromatic carbocycles. The average Bonchev–Trinajstić information content (AvgIpc) is 3.10. The number of esters is 1. The van der Waals surface area contributed by atoms with Gasteiger partial charge < -0.3 is 28.4 Å². The minimum Gasteiger partial charge on any atom is -0.458 e. The third kappa shape index (κ3) is 9.09. The zero-order chi connectivity index (χ0) is 32.9. The van der Waals surface area contributed by atoms with Gasteiger partial charge in [-0.15, -0.1) is 0 Å². The van der Waals surface area contributed by atoms with Crippen LogP contribution in [0.1, 0.15) is 29.2 Å². The van der Waals surface area contributed by atoms with E-state index in [0.717, 1.165) is 22.3 Å². The summed E-state index contributed by atoms with van der Waals surface area (Å²) in [6.45, 7) is 0.968. The van der Waals surface area contributed by atoms with Gasteiger partial charge in [0.2, 0.25) is 6.29 Å². The number of ether oxygens (including phenoxy) is 6. The molecule has 0 saturated carbocycles. The van der Waals surface area contributed by atoms with Crippen LogP contribution in [0.25, 0.3) is 0 Å². The molecule has 0 radical (unpaired) electrons. The van der Waals surface area contributed by atoms with Crippen LogP contribution in [0.4, 0.5) is 0 Å². The van der Waals surface area contributed by atoms with Crippen molar-refractivity contribution in [3.05, 3.63) is 154 Å². The lowest BCUT2D eigenvalue weighted by Crippen LogP contribution is -2.73. The van der Waals surface area contributed by atoms with E-state index in [2.05, 4.69) is 0 Å². The second-order valence-electron chi connectivity index (χ2n) is 11.3. The highest BCUT2D eigenvalue weighted by atomic mass is 16.7. The van der Waals surface area contributed by atoms with E-state index in [-0.39, 0.29) is 33.0 Å². The lowest BCUT2D eigenvalue weighted by Gasteiger charge is -2.47. The summed E-state index contributed by atoms with van der Waals surface area (Å²) in [5, 5.41) is 13.3. The molecule has 0 unspecified atom stereocenters. The number of carbonyl (C=O) groups excluding carboxylic acids is 1. The predicted molar refractivity (Wildman–Crippen MR) is 172 cm³/mol. The van der Waals surface area contributed by atoms with Crippen LogP contribution in [0.15, 0.2) is 121 Å². The SMILES string of the molecule is CC(=O)OC[C@@]1([N+](=O)[O-])[C@@H](OCc2ccccc2)O[C@H](COCc2ccccc2)[C@@H](OCc2ccccc2)[C@@H]1OCc1ccccc1. The molecule has 0 spiro atoms. The molecule has 1 fully saturated rings. The molecule has 0 bridgehead atoms. The van der Waals surface area contributed by atoms with Crippen LogP contribution in [0.3, 0.4) is 0 Å². The summed E-state index contributed by atoms with van der Waals surface area (Å²) in [6, 6.07) is 37.7. The molecule has 1 aliphatic heterocycles. The van der Waals surface area contributed by atoms with Gasteiger partial charge in [-0.25, -0.2) is 0 Å². The molecule has 0 aromatic heterocycles. The van der Waals surface area contributed by atoms with Crippen molar-refractivity contribution in [2.45, 2.75) is 63.5 Å². The third-order valence-corrected chi connectivity index (χ3v) is 7.91. The first kappa shape index (κ1) is 33.9. The van der Waals surface area contributed by atoms with Crippen molar-refractivity contribution in [1.29, 1.82) is 0 Å². The molecule has 1 aliphatic rings. The molecule has 47 heavy (non-hydrogen) atoms. The van der Waals surface area contributed by atoms with Gasteiger partial charge in [-0.2, -0.15) is 0 Å². The minimum absolute atomic E-state index is 0.000293. The first-order valence-corrected chi connectivity index (χ1v) is 15.5. The smallest absolute Gasteiger partial charge is 0.333 e. The van der Waals surface area contributed by atoms with Crippen LogP contribution in [0.5, 0.6) is 0 Å². The van der Waals surface area contributed by atoms with Gasteiger partial charge >= 0.3 is 11.5 Å². The Morgan fingerprint density at radius 3 is 1.62 bits per heavy atom. The average molecular weight is 642 g/mol. The highest BCUT2D eigenvalue weighted by molar-refractivity contribution is 5.66. The van der Waals surface area contributed by atoms with E-state index in [4.69, 9.17) is 28.4 Å². The van der Waals surface area contributed by atoms with Gasteiger partial charge in [-0.3, -0.25) is 14.9 Å².